The highest BCUT2D eigenvalue weighted by molar-refractivity contribution is 9.10. The normalized spacial score (nSPS) is 24.9. The van der Waals surface area contributed by atoms with E-state index >= 15 is 0 Å². The maximum atomic E-state index is 11.7. The fourth-order valence-electron chi connectivity index (χ4n) is 2.34. The van der Waals surface area contributed by atoms with E-state index in [0.29, 0.717) is 5.56 Å². The molecule has 1 saturated carbocycles. The van der Waals surface area contributed by atoms with Crippen LogP contribution in [0.15, 0.2) is 28.7 Å². The molecule has 0 aliphatic heterocycles. The van der Waals surface area contributed by atoms with Crippen molar-refractivity contribution in [2.24, 2.45) is 5.41 Å². The van der Waals surface area contributed by atoms with E-state index in [2.05, 4.69) is 15.9 Å². The van der Waals surface area contributed by atoms with Gasteiger partial charge in [-0.3, -0.25) is 0 Å². The van der Waals surface area contributed by atoms with Crippen LogP contribution in [0.2, 0.25) is 0 Å². The molecule has 18 heavy (non-hydrogen) atoms. The molecular formula is C12H9BrN2O2S. The van der Waals surface area contributed by atoms with Gasteiger partial charge in [0.15, 0.2) is 15.3 Å². The summed E-state index contributed by atoms with van der Waals surface area (Å²) in [4.78, 5) is 0. The molecule has 0 N–H and O–H groups in total. The summed E-state index contributed by atoms with van der Waals surface area (Å²) in [6.45, 7) is 0. The Morgan fingerprint density at radius 1 is 1.22 bits per heavy atom. The Hall–Kier alpha value is -1.37. The number of hydrogen-bond donors (Lipinski definition) is 0. The lowest BCUT2D eigenvalue weighted by Gasteiger charge is -1.99. The van der Waals surface area contributed by atoms with Crippen LogP contribution in [0.4, 0.5) is 0 Å². The van der Waals surface area contributed by atoms with Crippen molar-refractivity contribution in [2.75, 3.05) is 6.26 Å². The Morgan fingerprint density at radius 3 is 2.06 bits per heavy atom. The lowest BCUT2D eigenvalue weighted by molar-refractivity contribution is 0.597. The molecular weight excluding hydrogens is 316 g/mol. The molecule has 0 aromatic heterocycles. The van der Waals surface area contributed by atoms with Gasteiger partial charge >= 0.3 is 0 Å². The molecule has 1 aromatic carbocycles. The zero-order valence-corrected chi connectivity index (χ0v) is 11.9. The van der Waals surface area contributed by atoms with E-state index in [1.807, 2.05) is 12.1 Å². The molecule has 1 aliphatic rings. The highest BCUT2D eigenvalue weighted by Gasteiger charge is 2.72. The Kier molecular flexibility index (Phi) is 2.96. The van der Waals surface area contributed by atoms with Crippen LogP contribution in [-0.2, 0) is 9.84 Å². The van der Waals surface area contributed by atoms with E-state index in [4.69, 9.17) is 10.5 Å². The largest absolute Gasteiger partial charge is 0.229 e. The van der Waals surface area contributed by atoms with Crippen molar-refractivity contribution < 1.29 is 8.42 Å². The second kappa shape index (κ2) is 4.08. The molecule has 1 aromatic rings. The first-order valence-corrected chi connectivity index (χ1v) is 7.88. The zero-order valence-electron chi connectivity index (χ0n) is 9.46. The Morgan fingerprint density at radius 2 is 1.72 bits per heavy atom. The molecule has 1 aliphatic carbocycles. The lowest BCUT2D eigenvalue weighted by atomic mass is 10.0. The minimum Gasteiger partial charge on any atom is -0.229 e. The van der Waals surface area contributed by atoms with E-state index in [-0.39, 0.29) is 0 Å². The standard InChI is InChI=1S/C12H9BrN2O2S/c1-18(16,17)11-10(12(11,6-14)7-15)8-2-4-9(13)5-3-8/h2-5,10-11H,1H3/t10-,11+/m0/s1. The number of sulfone groups is 1. The van der Waals surface area contributed by atoms with E-state index in [9.17, 15) is 8.42 Å². The van der Waals surface area contributed by atoms with Gasteiger partial charge in [0.25, 0.3) is 0 Å². The first kappa shape index (κ1) is 13.1. The summed E-state index contributed by atoms with van der Waals surface area (Å²) in [5, 5.41) is 17.3. The van der Waals surface area contributed by atoms with Crippen LogP contribution in [0.25, 0.3) is 0 Å². The first-order chi connectivity index (χ1) is 8.36. The molecule has 0 radical (unpaired) electrons. The monoisotopic (exact) mass is 324 g/mol. The van der Waals surface area contributed by atoms with Crippen LogP contribution >= 0.6 is 15.9 Å². The minimum atomic E-state index is -3.43. The number of benzene rings is 1. The zero-order chi connectivity index (χ0) is 13.6. The van der Waals surface area contributed by atoms with Crippen LogP contribution < -0.4 is 0 Å². The Balaban J connectivity index is 2.50. The molecule has 1 fully saturated rings. The van der Waals surface area contributed by atoms with Crippen LogP contribution in [0.3, 0.4) is 0 Å². The van der Waals surface area contributed by atoms with Crippen molar-refractivity contribution in [3.05, 3.63) is 34.3 Å². The van der Waals surface area contributed by atoms with E-state index in [0.717, 1.165) is 10.7 Å². The smallest absolute Gasteiger partial charge is 0.169 e. The number of nitriles is 2. The Labute approximate surface area is 114 Å². The molecule has 0 amide bonds. The summed E-state index contributed by atoms with van der Waals surface area (Å²) in [6.07, 6.45) is 1.07. The predicted octanol–water partition coefficient (Wildman–Crippen LogP) is 1.99. The van der Waals surface area contributed by atoms with Gasteiger partial charge in [-0.25, -0.2) is 8.42 Å². The van der Waals surface area contributed by atoms with Gasteiger partial charge in [-0.05, 0) is 17.7 Å². The van der Waals surface area contributed by atoms with E-state index < -0.39 is 26.4 Å². The number of hydrogen-bond acceptors (Lipinski definition) is 4. The highest BCUT2D eigenvalue weighted by atomic mass is 79.9. The van der Waals surface area contributed by atoms with Gasteiger partial charge in [-0.2, -0.15) is 10.5 Å². The van der Waals surface area contributed by atoms with Crippen molar-refractivity contribution in [2.45, 2.75) is 11.2 Å². The van der Waals surface area contributed by atoms with Crippen LogP contribution in [0, 0.1) is 28.1 Å². The third-order valence-corrected chi connectivity index (χ3v) is 5.29. The van der Waals surface area contributed by atoms with Gasteiger partial charge in [0.2, 0.25) is 0 Å². The van der Waals surface area contributed by atoms with Gasteiger partial charge in [0, 0.05) is 16.6 Å². The molecule has 0 spiro atoms. The van der Waals surface area contributed by atoms with Gasteiger partial charge in [-0.1, -0.05) is 28.1 Å². The molecule has 0 saturated heterocycles. The summed E-state index contributed by atoms with van der Waals surface area (Å²) in [5.41, 5.74) is -0.738. The molecule has 92 valence electrons. The molecule has 0 bridgehead atoms. The second-order valence-electron chi connectivity index (χ2n) is 4.37. The molecule has 2 atom stereocenters. The topological polar surface area (TPSA) is 81.7 Å². The second-order valence-corrected chi connectivity index (χ2v) is 7.45. The third-order valence-electron chi connectivity index (χ3n) is 3.19. The summed E-state index contributed by atoms with van der Waals surface area (Å²) < 4.78 is 24.2. The number of halogens is 1. The molecule has 4 nitrogen and oxygen atoms in total. The summed E-state index contributed by atoms with van der Waals surface area (Å²) in [6, 6.07) is 10.8. The van der Waals surface area contributed by atoms with Crippen LogP contribution in [0.5, 0.6) is 0 Å². The quantitative estimate of drug-likeness (QED) is 0.833. The fraction of sp³-hybridized carbons (Fsp3) is 0.333. The summed E-state index contributed by atoms with van der Waals surface area (Å²) in [5.74, 6) is -0.560. The van der Waals surface area contributed by atoms with Crippen LogP contribution in [-0.4, -0.2) is 19.9 Å². The number of nitrogens with zero attached hydrogens (tertiary/aromatic N) is 2. The molecule has 0 heterocycles. The highest BCUT2D eigenvalue weighted by Crippen LogP contribution is 2.62. The van der Waals surface area contributed by atoms with E-state index in [1.54, 1.807) is 24.3 Å². The Bertz CT molecular complexity index is 654. The first-order valence-electron chi connectivity index (χ1n) is 5.13. The van der Waals surface area contributed by atoms with Gasteiger partial charge in [0.1, 0.15) is 5.25 Å². The van der Waals surface area contributed by atoms with Crippen molar-refractivity contribution >= 4 is 25.8 Å². The maximum Gasteiger partial charge on any atom is 0.169 e. The van der Waals surface area contributed by atoms with Crippen LogP contribution in [0.1, 0.15) is 11.5 Å². The summed E-state index contributed by atoms with van der Waals surface area (Å²) in [7, 11) is -3.43. The van der Waals surface area contributed by atoms with E-state index in [1.165, 1.54) is 0 Å². The summed E-state index contributed by atoms with van der Waals surface area (Å²) >= 11 is 3.28. The maximum absolute atomic E-state index is 11.7. The van der Waals surface area contributed by atoms with Crippen molar-refractivity contribution in [3.63, 3.8) is 0 Å². The third kappa shape index (κ3) is 1.82. The van der Waals surface area contributed by atoms with Crippen molar-refractivity contribution in [3.8, 4) is 12.1 Å². The predicted molar refractivity (Wildman–Crippen MR) is 69.2 cm³/mol. The lowest BCUT2D eigenvalue weighted by Crippen LogP contribution is -2.11. The average molecular weight is 325 g/mol. The van der Waals surface area contributed by atoms with Crippen molar-refractivity contribution in [1.82, 2.24) is 0 Å². The molecule has 0 unspecified atom stereocenters. The molecule has 6 heteroatoms. The fourth-order valence-corrected chi connectivity index (χ4v) is 4.32. The minimum absolute atomic E-state index is 0.560. The van der Waals surface area contributed by atoms with Crippen molar-refractivity contribution in [1.29, 1.82) is 10.5 Å². The average Bonchev–Trinajstić information content (AvgIpc) is 3.00. The molecule has 2 rings (SSSR count). The van der Waals surface area contributed by atoms with Gasteiger partial charge in [0.05, 0.1) is 12.1 Å². The van der Waals surface area contributed by atoms with Gasteiger partial charge < -0.3 is 0 Å². The van der Waals surface area contributed by atoms with Gasteiger partial charge in [-0.15, -0.1) is 0 Å². The number of rotatable bonds is 2. The SMILES string of the molecule is CS(=O)(=O)[C@@H]1[C@H](c2ccc(Br)cc2)C1(C#N)C#N.